The van der Waals surface area contributed by atoms with E-state index in [9.17, 15) is 4.79 Å². The second-order valence-corrected chi connectivity index (χ2v) is 5.71. The number of halogens is 1. The van der Waals surface area contributed by atoms with Gasteiger partial charge >= 0.3 is 0 Å². The van der Waals surface area contributed by atoms with Crippen molar-refractivity contribution >= 4 is 40.4 Å². The number of nitrogens with one attached hydrogen (secondary N) is 1. The van der Waals surface area contributed by atoms with Crippen LogP contribution in [0.4, 0.5) is 5.69 Å². The van der Waals surface area contributed by atoms with Crippen LogP contribution in [0.25, 0.3) is 17.2 Å². The Hall–Kier alpha value is -2.83. The largest absolute Gasteiger partial charge is 0.487 e. The van der Waals surface area contributed by atoms with E-state index in [4.69, 9.17) is 25.5 Å². The first-order chi connectivity index (χ1) is 12.7. The lowest BCUT2D eigenvalue weighted by Crippen LogP contribution is -2.11. The highest BCUT2D eigenvalue weighted by Crippen LogP contribution is 2.32. The number of aromatic nitrogens is 1. The van der Waals surface area contributed by atoms with Crippen LogP contribution in [0.3, 0.4) is 0 Å². The summed E-state index contributed by atoms with van der Waals surface area (Å²) < 4.78 is 16.1. The van der Waals surface area contributed by atoms with Gasteiger partial charge < -0.3 is 19.2 Å². The van der Waals surface area contributed by atoms with E-state index in [2.05, 4.69) is 10.3 Å². The summed E-state index contributed by atoms with van der Waals surface area (Å²) in [6, 6.07) is 12.5. The molecule has 0 aliphatic carbocycles. The highest BCUT2D eigenvalue weighted by molar-refractivity contribution is 6.32. The fourth-order valence-corrected chi connectivity index (χ4v) is 2.49. The number of nitrogens with zero attached hydrogens (tertiary/aromatic N) is 1. The smallest absolute Gasteiger partial charge is 0.248 e. The van der Waals surface area contributed by atoms with Crippen LogP contribution in [0.2, 0.25) is 5.02 Å². The Morgan fingerprint density at radius 1 is 1.23 bits per heavy atom. The summed E-state index contributed by atoms with van der Waals surface area (Å²) >= 11 is 6.15. The van der Waals surface area contributed by atoms with Gasteiger partial charge in [0.05, 0.1) is 17.3 Å². The molecule has 1 amide bonds. The van der Waals surface area contributed by atoms with Crippen LogP contribution >= 0.6 is 11.6 Å². The van der Waals surface area contributed by atoms with Crippen LogP contribution in [0.1, 0.15) is 5.89 Å². The number of amides is 1. The number of methoxy groups -OCH3 is 1. The molecule has 6 nitrogen and oxygen atoms in total. The average molecular weight is 373 g/mol. The van der Waals surface area contributed by atoms with Gasteiger partial charge in [-0.3, -0.25) is 4.79 Å². The molecule has 0 bridgehead atoms. The molecular formula is C19H17ClN2O4. The highest BCUT2D eigenvalue weighted by atomic mass is 35.5. The van der Waals surface area contributed by atoms with E-state index in [0.717, 1.165) is 5.52 Å². The number of fused-ring (bicyclic) bond motifs is 1. The van der Waals surface area contributed by atoms with Crippen molar-refractivity contribution in [2.45, 2.75) is 0 Å². The summed E-state index contributed by atoms with van der Waals surface area (Å²) in [5.41, 5.74) is 1.87. The third kappa shape index (κ3) is 4.41. The van der Waals surface area contributed by atoms with Crippen molar-refractivity contribution in [1.82, 2.24) is 4.98 Å². The van der Waals surface area contributed by atoms with Crippen LogP contribution in [-0.4, -0.2) is 31.2 Å². The Balaban J connectivity index is 1.70. The summed E-state index contributed by atoms with van der Waals surface area (Å²) in [5, 5.41) is 3.14. The summed E-state index contributed by atoms with van der Waals surface area (Å²) in [6.45, 7) is 0.734. The molecule has 1 heterocycles. The second kappa shape index (κ2) is 8.51. The first-order valence-corrected chi connectivity index (χ1v) is 8.30. The van der Waals surface area contributed by atoms with Crippen molar-refractivity contribution in [1.29, 1.82) is 0 Å². The molecule has 134 valence electrons. The zero-order valence-electron chi connectivity index (χ0n) is 14.1. The number of benzene rings is 2. The second-order valence-electron chi connectivity index (χ2n) is 5.30. The zero-order chi connectivity index (χ0) is 18.4. The van der Waals surface area contributed by atoms with Gasteiger partial charge in [0.2, 0.25) is 11.8 Å². The van der Waals surface area contributed by atoms with E-state index in [1.165, 1.54) is 12.2 Å². The molecule has 0 saturated carbocycles. The number of oxazole rings is 1. The number of para-hydroxylation sites is 3. The fourth-order valence-electron chi connectivity index (χ4n) is 2.26. The van der Waals surface area contributed by atoms with E-state index in [0.29, 0.717) is 41.1 Å². The zero-order valence-corrected chi connectivity index (χ0v) is 14.8. The highest BCUT2D eigenvalue weighted by Gasteiger charge is 2.10. The minimum atomic E-state index is -0.355. The van der Waals surface area contributed by atoms with Crippen molar-refractivity contribution in [2.75, 3.05) is 25.6 Å². The molecule has 0 aliphatic rings. The fraction of sp³-hybridized carbons (Fsp3) is 0.158. The minimum Gasteiger partial charge on any atom is -0.487 e. The number of anilines is 1. The van der Waals surface area contributed by atoms with Gasteiger partial charge in [-0.1, -0.05) is 29.8 Å². The maximum Gasteiger partial charge on any atom is 0.248 e. The maximum atomic E-state index is 12.2. The van der Waals surface area contributed by atoms with Crippen molar-refractivity contribution in [2.24, 2.45) is 0 Å². The molecule has 3 aromatic rings. The van der Waals surface area contributed by atoms with Crippen LogP contribution in [0.5, 0.6) is 5.75 Å². The molecule has 2 aromatic carbocycles. The maximum absolute atomic E-state index is 12.2. The number of carbonyl (C=O) groups is 1. The summed E-state index contributed by atoms with van der Waals surface area (Å²) in [5.74, 6) is 0.393. The third-order valence-electron chi connectivity index (χ3n) is 3.45. The first kappa shape index (κ1) is 18.0. The monoisotopic (exact) mass is 372 g/mol. The van der Waals surface area contributed by atoms with E-state index in [1.807, 2.05) is 24.3 Å². The Bertz CT molecular complexity index is 903. The van der Waals surface area contributed by atoms with E-state index < -0.39 is 0 Å². The van der Waals surface area contributed by atoms with E-state index >= 15 is 0 Å². The molecular weight excluding hydrogens is 356 g/mol. The van der Waals surface area contributed by atoms with Gasteiger partial charge in [0, 0.05) is 19.3 Å². The predicted molar refractivity (Wildman–Crippen MR) is 100 cm³/mol. The van der Waals surface area contributed by atoms with Gasteiger partial charge in [0.15, 0.2) is 11.3 Å². The molecule has 0 aliphatic heterocycles. The van der Waals surface area contributed by atoms with Crippen LogP contribution < -0.4 is 10.1 Å². The van der Waals surface area contributed by atoms with Crippen LogP contribution in [0, 0.1) is 0 Å². The molecule has 0 saturated heterocycles. The lowest BCUT2D eigenvalue weighted by molar-refractivity contribution is -0.111. The van der Waals surface area contributed by atoms with Crippen molar-refractivity contribution in [3.8, 4) is 5.75 Å². The number of carbonyl (C=O) groups excluding carboxylic acids is 1. The molecule has 0 spiro atoms. The lowest BCUT2D eigenvalue weighted by atomic mass is 10.3. The topological polar surface area (TPSA) is 73.6 Å². The van der Waals surface area contributed by atoms with Gasteiger partial charge in [0.25, 0.3) is 0 Å². The quantitative estimate of drug-likeness (QED) is 0.498. The Kier molecular flexibility index (Phi) is 5.88. The van der Waals surface area contributed by atoms with Gasteiger partial charge in [-0.15, -0.1) is 0 Å². The van der Waals surface area contributed by atoms with E-state index in [1.54, 1.807) is 25.3 Å². The SMILES string of the molecule is COCCOc1c(Cl)cccc1NC(=O)/C=C/c1nc2ccccc2o1. The molecule has 0 fully saturated rings. The number of hydrogen-bond acceptors (Lipinski definition) is 5. The van der Waals surface area contributed by atoms with E-state index in [-0.39, 0.29) is 5.91 Å². The molecule has 3 rings (SSSR count). The first-order valence-electron chi connectivity index (χ1n) is 7.92. The third-order valence-corrected chi connectivity index (χ3v) is 3.74. The molecule has 0 unspecified atom stereocenters. The van der Waals surface area contributed by atoms with Gasteiger partial charge in [-0.05, 0) is 24.3 Å². The minimum absolute atomic E-state index is 0.321. The molecule has 0 atom stereocenters. The van der Waals surface area contributed by atoms with Crippen molar-refractivity contribution in [3.05, 3.63) is 59.5 Å². The molecule has 7 heteroatoms. The van der Waals surface area contributed by atoms with Crippen LogP contribution in [-0.2, 0) is 9.53 Å². The molecule has 1 N–H and O–H groups in total. The molecule has 1 aromatic heterocycles. The number of hydrogen-bond donors (Lipinski definition) is 1. The molecule has 26 heavy (non-hydrogen) atoms. The Labute approximate surface area is 155 Å². The van der Waals surface area contributed by atoms with Crippen molar-refractivity contribution < 1.29 is 18.7 Å². The normalized spacial score (nSPS) is 11.2. The standard InChI is InChI=1S/C19H17ClN2O4/c1-24-11-12-25-19-13(20)5-4-7-15(19)21-17(23)9-10-18-22-14-6-2-3-8-16(14)26-18/h2-10H,11-12H2,1H3,(H,21,23)/b10-9+. The Morgan fingerprint density at radius 3 is 2.88 bits per heavy atom. The predicted octanol–water partition coefficient (Wildman–Crippen LogP) is 4.16. The van der Waals surface area contributed by atoms with Gasteiger partial charge in [0.1, 0.15) is 12.1 Å². The molecule has 0 radical (unpaired) electrons. The van der Waals surface area contributed by atoms with Gasteiger partial charge in [-0.25, -0.2) is 4.98 Å². The lowest BCUT2D eigenvalue weighted by Gasteiger charge is -2.12. The summed E-state index contributed by atoms with van der Waals surface area (Å²) in [6.07, 6.45) is 2.84. The van der Waals surface area contributed by atoms with Crippen molar-refractivity contribution in [3.63, 3.8) is 0 Å². The number of ether oxygens (including phenoxy) is 2. The van der Waals surface area contributed by atoms with Crippen LogP contribution in [0.15, 0.2) is 53.0 Å². The average Bonchev–Trinajstić information content (AvgIpc) is 3.05. The Morgan fingerprint density at radius 2 is 2.08 bits per heavy atom. The van der Waals surface area contributed by atoms with Gasteiger partial charge in [-0.2, -0.15) is 0 Å². The number of rotatable bonds is 7. The summed E-state index contributed by atoms with van der Waals surface area (Å²) in [4.78, 5) is 16.5. The summed E-state index contributed by atoms with van der Waals surface area (Å²) in [7, 11) is 1.58.